The van der Waals surface area contributed by atoms with E-state index in [0.29, 0.717) is 0 Å². The van der Waals surface area contributed by atoms with Crippen LogP contribution in [0.4, 0.5) is 11.4 Å². The SMILES string of the molecule is c1ccc(N(CCCCCCn2c3ccccc3c3ccccc32)c2ccccc2)cc1. The Morgan fingerprint density at radius 3 is 1.50 bits per heavy atom. The number of unbranched alkanes of at least 4 members (excludes halogenated alkanes) is 3. The summed E-state index contributed by atoms with van der Waals surface area (Å²) in [4.78, 5) is 2.44. The van der Waals surface area contributed by atoms with E-state index >= 15 is 0 Å². The summed E-state index contributed by atoms with van der Waals surface area (Å²) in [6, 6.07) is 39.1. The van der Waals surface area contributed by atoms with E-state index in [4.69, 9.17) is 0 Å². The predicted molar refractivity (Wildman–Crippen MR) is 138 cm³/mol. The zero-order valence-electron chi connectivity index (χ0n) is 18.5. The van der Waals surface area contributed by atoms with Gasteiger partial charge in [-0.25, -0.2) is 0 Å². The van der Waals surface area contributed by atoms with Gasteiger partial charge in [-0.2, -0.15) is 0 Å². The first-order valence-electron chi connectivity index (χ1n) is 11.8. The average Bonchev–Trinajstić information content (AvgIpc) is 3.18. The lowest BCUT2D eigenvalue weighted by molar-refractivity contribution is 0.590. The van der Waals surface area contributed by atoms with Crippen LogP contribution in [-0.2, 0) is 6.54 Å². The third kappa shape index (κ3) is 4.27. The van der Waals surface area contributed by atoms with Gasteiger partial charge in [0.05, 0.1) is 0 Å². The van der Waals surface area contributed by atoms with E-state index in [1.54, 1.807) is 0 Å². The van der Waals surface area contributed by atoms with Crippen LogP contribution < -0.4 is 4.90 Å². The maximum Gasteiger partial charge on any atom is 0.0491 e. The molecule has 0 spiro atoms. The Bertz CT molecular complexity index is 1180. The monoisotopic (exact) mass is 418 g/mol. The first-order chi connectivity index (χ1) is 15.9. The summed E-state index contributed by atoms with van der Waals surface area (Å²) < 4.78 is 2.50. The number of fused-ring (bicyclic) bond motifs is 3. The van der Waals surface area contributed by atoms with Gasteiger partial charge in [-0.3, -0.25) is 0 Å². The van der Waals surface area contributed by atoms with Crippen molar-refractivity contribution >= 4 is 33.2 Å². The summed E-state index contributed by atoms with van der Waals surface area (Å²) in [5, 5.41) is 2.73. The van der Waals surface area contributed by atoms with Crippen molar-refractivity contribution in [3.05, 3.63) is 109 Å². The van der Waals surface area contributed by atoms with Gasteiger partial charge < -0.3 is 9.47 Å². The standard InChI is InChI=1S/C30H30N2/c1(13-23-31(25-15-5-3-6-16-25)26-17-7-4-8-18-26)2-14-24-32-29-21-11-9-19-27(29)28-20-10-12-22-30(28)32/h3-12,15-22H,1-2,13-14,23-24H2. The summed E-state index contributed by atoms with van der Waals surface area (Å²) in [7, 11) is 0. The Balaban J connectivity index is 1.20. The van der Waals surface area contributed by atoms with Gasteiger partial charge in [-0.15, -0.1) is 0 Å². The highest BCUT2D eigenvalue weighted by atomic mass is 15.1. The van der Waals surface area contributed by atoms with Crippen molar-refractivity contribution in [1.29, 1.82) is 0 Å². The molecule has 4 aromatic carbocycles. The Morgan fingerprint density at radius 2 is 0.938 bits per heavy atom. The van der Waals surface area contributed by atoms with Crippen LogP contribution in [0.1, 0.15) is 25.7 Å². The van der Waals surface area contributed by atoms with E-state index in [0.717, 1.165) is 13.1 Å². The molecule has 5 aromatic rings. The van der Waals surface area contributed by atoms with Gasteiger partial charge in [0.2, 0.25) is 0 Å². The normalized spacial score (nSPS) is 11.2. The number of anilines is 2. The van der Waals surface area contributed by atoms with E-state index < -0.39 is 0 Å². The van der Waals surface area contributed by atoms with Crippen LogP contribution in [0, 0.1) is 0 Å². The maximum atomic E-state index is 2.50. The van der Waals surface area contributed by atoms with Crippen LogP contribution in [0.2, 0.25) is 0 Å². The van der Waals surface area contributed by atoms with Gasteiger partial charge in [-0.05, 0) is 49.2 Å². The van der Waals surface area contributed by atoms with Crippen LogP contribution in [0.5, 0.6) is 0 Å². The van der Waals surface area contributed by atoms with Gasteiger partial charge in [0, 0.05) is 46.3 Å². The van der Waals surface area contributed by atoms with Crippen LogP contribution in [0.15, 0.2) is 109 Å². The Morgan fingerprint density at radius 1 is 0.469 bits per heavy atom. The Kier molecular flexibility index (Phi) is 6.20. The second-order valence-corrected chi connectivity index (χ2v) is 8.42. The molecule has 1 heterocycles. The number of aromatic nitrogens is 1. The van der Waals surface area contributed by atoms with Gasteiger partial charge >= 0.3 is 0 Å². The van der Waals surface area contributed by atoms with E-state index in [1.165, 1.54) is 58.9 Å². The second-order valence-electron chi connectivity index (χ2n) is 8.42. The quantitative estimate of drug-likeness (QED) is 0.219. The molecule has 2 heteroatoms. The molecule has 32 heavy (non-hydrogen) atoms. The molecule has 5 rings (SSSR count). The van der Waals surface area contributed by atoms with Crippen LogP contribution >= 0.6 is 0 Å². The van der Waals surface area contributed by atoms with Gasteiger partial charge in [0.15, 0.2) is 0 Å². The molecular weight excluding hydrogens is 388 g/mol. The van der Waals surface area contributed by atoms with E-state index in [1.807, 2.05) is 0 Å². The van der Waals surface area contributed by atoms with Gasteiger partial charge in [-0.1, -0.05) is 85.6 Å². The Hall–Kier alpha value is -3.52. The topological polar surface area (TPSA) is 8.17 Å². The minimum Gasteiger partial charge on any atom is -0.341 e. The molecule has 0 amide bonds. The highest BCUT2D eigenvalue weighted by Gasteiger charge is 2.10. The van der Waals surface area contributed by atoms with Crippen molar-refractivity contribution in [3.63, 3.8) is 0 Å². The van der Waals surface area contributed by atoms with Crippen LogP contribution in [0.25, 0.3) is 21.8 Å². The molecular formula is C30H30N2. The Labute approximate surface area is 190 Å². The average molecular weight is 419 g/mol. The smallest absolute Gasteiger partial charge is 0.0491 e. The summed E-state index contributed by atoms with van der Waals surface area (Å²) in [5.74, 6) is 0. The number of rotatable bonds is 9. The number of benzene rings is 4. The van der Waals surface area contributed by atoms with Gasteiger partial charge in [0.25, 0.3) is 0 Å². The predicted octanol–water partition coefficient (Wildman–Crippen LogP) is 8.19. The molecule has 0 bridgehead atoms. The first kappa shape index (κ1) is 20.4. The summed E-state index contributed by atoms with van der Waals surface area (Å²) in [6.45, 7) is 2.12. The lowest BCUT2D eigenvalue weighted by Crippen LogP contribution is -2.18. The lowest BCUT2D eigenvalue weighted by atomic mass is 10.1. The van der Waals surface area contributed by atoms with Gasteiger partial charge in [0.1, 0.15) is 0 Å². The number of hydrogen-bond acceptors (Lipinski definition) is 1. The highest BCUT2D eigenvalue weighted by Crippen LogP contribution is 2.29. The second kappa shape index (κ2) is 9.74. The van der Waals surface area contributed by atoms with Crippen molar-refractivity contribution in [1.82, 2.24) is 4.57 Å². The highest BCUT2D eigenvalue weighted by molar-refractivity contribution is 6.07. The fourth-order valence-electron chi connectivity index (χ4n) is 4.76. The number of nitrogens with zero attached hydrogens (tertiary/aromatic N) is 2. The molecule has 0 saturated heterocycles. The zero-order chi connectivity index (χ0) is 21.6. The third-order valence-electron chi connectivity index (χ3n) is 6.33. The van der Waals surface area contributed by atoms with Crippen LogP contribution in [0.3, 0.4) is 0 Å². The van der Waals surface area contributed by atoms with Crippen molar-refractivity contribution in [2.24, 2.45) is 0 Å². The first-order valence-corrected chi connectivity index (χ1v) is 11.8. The molecule has 1 aromatic heterocycles. The molecule has 0 aliphatic heterocycles. The third-order valence-corrected chi connectivity index (χ3v) is 6.33. The summed E-state index contributed by atoms with van der Waals surface area (Å²) >= 11 is 0. The molecule has 0 N–H and O–H groups in total. The molecule has 0 aliphatic rings. The van der Waals surface area contributed by atoms with Crippen molar-refractivity contribution < 1.29 is 0 Å². The number of hydrogen-bond donors (Lipinski definition) is 0. The van der Waals surface area contributed by atoms with E-state index in [-0.39, 0.29) is 0 Å². The molecule has 0 aliphatic carbocycles. The largest absolute Gasteiger partial charge is 0.341 e. The minimum absolute atomic E-state index is 1.05. The fourth-order valence-corrected chi connectivity index (χ4v) is 4.76. The van der Waals surface area contributed by atoms with E-state index in [2.05, 4.69) is 119 Å². The van der Waals surface area contributed by atoms with Crippen molar-refractivity contribution in [2.45, 2.75) is 32.2 Å². The van der Waals surface area contributed by atoms with E-state index in [9.17, 15) is 0 Å². The lowest BCUT2D eigenvalue weighted by Gasteiger charge is -2.25. The summed E-state index contributed by atoms with van der Waals surface area (Å²) in [6.07, 6.45) is 4.89. The molecule has 0 unspecified atom stereocenters. The van der Waals surface area contributed by atoms with Crippen molar-refractivity contribution in [2.75, 3.05) is 11.4 Å². The molecule has 0 radical (unpaired) electrons. The van der Waals surface area contributed by atoms with Crippen LogP contribution in [-0.4, -0.2) is 11.1 Å². The fraction of sp³-hybridized carbons (Fsp3) is 0.200. The molecule has 0 atom stereocenters. The number of para-hydroxylation sites is 4. The van der Waals surface area contributed by atoms with Crippen molar-refractivity contribution in [3.8, 4) is 0 Å². The summed E-state index contributed by atoms with van der Waals surface area (Å²) in [5.41, 5.74) is 5.24. The number of aryl methyl sites for hydroxylation is 1. The maximum absolute atomic E-state index is 2.50. The molecule has 0 saturated carbocycles. The zero-order valence-corrected chi connectivity index (χ0v) is 18.5. The molecule has 160 valence electrons. The molecule has 2 nitrogen and oxygen atoms in total. The minimum atomic E-state index is 1.05. The molecule has 0 fully saturated rings.